The summed E-state index contributed by atoms with van der Waals surface area (Å²) >= 11 is 0. The predicted molar refractivity (Wildman–Crippen MR) is 61.2 cm³/mol. The topological polar surface area (TPSA) is 61.5 Å². The van der Waals surface area contributed by atoms with Gasteiger partial charge in [0.05, 0.1) is 0 Å². The summed E-state index contributed by atoms with van der Waals surface area (Å²) in [6, 6.07) is 7.17. The lowest BCUT2D eigenvalue weighted by molar-refractivity contribution is -0.106. The second-order valence-electron chi connectivity index (χ2n) is 3.39. The van der Waals surface area contributed by atoms with Gasteiger partial charge in [-0.15, -0.1) is 0 Å². The maximum atomic E-state index is 11.5. The Morgan fingerprint density at radius 1 is 1.25 bits per heavy atom. The number of carbonyl (C=O) groups excluding carboxylic acids is 1. The first-order chi connectivity index (χ1) is 7.72. The van der Waals surface area contributed by atoms with Crippen molar-refractivity contribution in [2.75, 3.05) is 20.8 Å². The summed E-state index contributed by atoms with van der Waals surface area (Å²) in [6.07, 6.45) is -0.0178. The van der Waals surface area contributed by atoms with Crippen LogP contribution in [0.15, 0.2) is 24.3 Å². The molecule has 1 rings (SSSR count). The van der Waals surface area contributed by atoms with Crippen molar-refractivity contribution in [1.29, 1.82) is 0 Å². The smallest absolute Gasteiger partial charge is 0.183 e. The molecular formula is C12H17NO3. The van der Waals surface area contributed by atoms with E-state index in [1.807, 2.05) is 12.1 Å². The number of hydrogen-bond donors (Lipinski definition) is 1. The van der Waals surface area contributed by atoms with Crippen LogP contribution < -0.4 is 5.73 Å². The van der Waals surface area contributed by atoms with Crippen molar-refractivity contribution >= 4 is 5.78 Å². The zero-order chi connectivity index (χ0) is 12.0. The van der Waals surface area contributed by atoms with Gasteiger partial charge in [0.25, 0.3) is 0 Å². The molecule has 0 aliphatic carbocycles. The van der Waals surface area contributed by atoms with Gasteiger partial charge in [-0.2, -0.15) is 0 Å². The van der Waals surface area contributed by atoms with Crippen molar-refractivity contribution in [3.63, 3.8) is 0 Å². The lowest BCUT2D eigenvalue weighted by Gasteiger charge is -2.13. The molecule has 0 aliphatic heterocycles. The Bertz CT molecular complexity index is 331. The molecule has 0 heterocycles. The summed E-state index contributed by atoms with van der Waals surface area (Å²) in [5.41, 5.74) is 6.88. The van der Waals surface area contributed by atoms with Gasteiger partial charge in [-0.25, -0.2) is 0 Å². The fourth-order valence-electron chi connectivity index (χ4n) is 1.47. The Balaban J connectivity index is 2.78. The lowest BCUT2D eigenvalue weighted by Crippen LogP contribution is -2.09. The van der Waals surface area contributed by atoms with Crippen LogP contribution in [-0.2, 0) is 9.47 Å². The highest BCUT2D eigenvalue weighted by Crippen LogP contribution is 2.18. The van der Waals surface area contributed by atoms with Crippen LogP contribution in [0.1, 0.15) is 28.6 Å². The van der Waals surface area contributed by atoms with Crippen molar-refractivity contribution in [3.8, 4) is 0 Å². The van der Waals surface area contributed by atoms with Crippen LogP contribution in [0.25, 0.3) is 0 Å². The highest BCUT2D eigenvalue weighted by molar-refractivity contribution is 5.96. The van der Waals surface area contributed by atoms with E-state index >= 15 is 0 Å². The number of nitrogens with two attached hydrogens (primary N) is 1. The third kappa shape index (κ3) is 3.13. The quantitative estimate of drug-likeness (QED) is 0.586. The molecule has 0 bridgehead atoms. The minimum absolute atomic E-state index is 0.0560. The zero-order valence-electron chi connectivity index (χ0n) is 9.60. The highest BCUT2D eigenvalue weighted by Gasteiger charge is 2.10. The third-order valence-electron chi connectivity index (χ3n) is 2.30. The average Bonchev–Trinajstić information content (AvgIpc) is 2.32. The van der Waals surface area contributed by atoms with Gasteiger partial charge >= 0.3 is 0 Å². The fourth-order valence-corrected chi connectivity index (χ4v) is 1.47. The van der Waals surface area contributed by atoms with E-state index in [9.17, 15) is 4.79 Å². The zero-order valence-corrected chi connectivity index (χ0v) is 9.60. The maximum absolute atomic E-state index is 11.5. The second kappa shape index (κ2) is 6.37. The molecule has 4 nitrogen and oxygen atoms in total. The van der Waals surface area contributed by atoms with E-state index in [0.29, 0.717) is 18.5 Å². The van der Waals surface area contributed by atoms with Crippen molar-refractivity contribution in [1.82, 2.24) is 0 Å². The molecule has 0 fully saturated rings. The van der Waals surface area contributed by atoms with E-state index in [1.54, 1.807) is 26.4 Å². The van der Waals surface area contributed by atoms with Gasteiger partial charge in [-0.05, 0) is 6.54 Å². The average molecular weight is 223 g/mol. The number of Topliss-reactive ketones (excluding diaryl/α,β-unsaturated/α-hetero) is 1. The molecule has 1 aromatic carbocycles. The molecule has 0 saturated heterocycles. The molecule has 2 N–H and O–H groups in total. The standard InChI is InChI=1S/C12H17NO3/c1-15-12(16-2)10-5-3-9(4-6-10)11(14)7-8-13/h3-6,12H,7-8,13H2,1-2H3. The normalized spacial score (nSPS) is 10.8. The molecule has 16 heavy (non-hydrogen) atoms. The van der Waals surface area contributed by atoms with Gasteiger partial charge in [0, 0.05) is 31.8 Å². The molecule has 4 heteroatoms. The van der Waals surface area contributed by atoms with Crippen molar-refractivity contribution in [2.45, 2.75) is 12.7 Å². The van der Waals surface area contributed by atoms with Gasteiger partial charge in [-0.1, -0.05) is 24.3 Å². The lowest BCUT2D eigenvalue weighted by atomic mass is 10.1. The number of methoxy groups -OCH3 is 2. The molecule has 0 atom stereocenters. The summed E-state index contributed by atoms with van der Waals surface area (Å²) in [6.45, 7) is 0.374. The van der Waals surface area contributed by atoms with Crippen LogP contribution in [0.5, 0.6) is 0 Å². The minimum Gasteiger partial charge on any atom is -0.352 e. The van der Waals surface area contributed by atoms with Crippen LogP contribution in [0.4, 0.5) is 0 Å². The van der Waals surface area contributed by atoms with Gasteiger partial charge in [0.15, 0.2) is 12.1 Å². The van der Waals surface area contributed by atoms with E-state index in [0.717, 1.165) is 5.56 Å². The number of rotatable bonds is 6. The van der Waals surface area contributed by atoms with E-state index in [-0.39, 0.29) is 5.78 Å². The largest absolute Gasteiger partial charge is 0.352 e. The monoisotopic (exact) mass is 223 g/mol. The first-order valence-electron chi connectivity index (χ1n) is 5.11. The number of ketones is 1. The van der Waals surface area contributed by atoms with Crippen LogP contribution >= 0.6 is 0 Å². The number of hydrogen-bond acceptors (Lipinski definition) is 4. The molecule has 1 aromatic rings. The fraction of sp³-hybridized carbons (Fsp3) is 0.417. The highest BCUT2D eigenvalue weighted by atomic mass is 16.7. The van der Waals surface area contributed by atoms with E-state index in [4.69, 9.17) is 15.2 Å². The Morgan fingerprint density at radius 3 is 2.25 bits per heavy atom. The summed E-state index contributed by atoms with van der Waals surface area (Å²) in [5, 5.41) is 0. The van der Waals surface area contributed by atoms with Crippen LogP contribution in [0.3, 0.4) is 0 Å². The number of benzene rings is 1. The van der Waals surface area contributed by atoms with Crippen molar-refractivity contribution in [3.05, 3.63) is 35.4 Å². The van der Waals surface area contributed by atoms with E-state index in [1.165, 1.54) is 0 Å². The Hall–Kier alpha value is -1.23. The minimum atomic E-state index is -0.390. The second-order valence-corrected chi connectivity index (χ2v) is 3.39. The maximum Gasteiger partial charge on any atom is 0.183 e. The molecule has 0 unspecified atom stereocenters. The Labute approximate surface area is 95.3 Å². The molecule has 0 aromatic heterocycles. The van der Waals surface area contributed by atoms with Crippen molar-refractivity contribution < 1.29 is 14.3 Å². The number of ether oxygens (including phenoxy) is 2. The third-order valence-corrected chi connectivity index (χ3v) is 2.30. The van der Waals surface area contributed by atoms with Crippen LogP contribution in [0.2, 0.25) is 0 Å². The summed E-state index contributed by atoms with van der Waals surface area (Å²) in [5.74, 6) is 0.0560. The van der Waals surface area contributed by atoms with Gasteiger partial charge in [0.1, 0.15) is 0 Å². The van der Waals surface area contributed by atoms with Gasteiger partial charge in [0.2, 0.25) is 0 Å². The Kier molecular flexibility index (Phi) is 5.11. The molecule has 0 radical (unpaired) electrons. The molecule has 0 spiro atoms. The first-order valence-corrected chi connectivity index (χ1v) is 5.11. The molecule has 0 amide bonds. The predicted octanol–water partition coefficient (Wildman–Crippen LogP) is 1.51. The molecular weight excluding hydrogens is 206 g/mol. The summed E-state index contributed by atoms with van der Waals surface area (Å²) in [7, 11) is 3.14. The summed E-state index contributed by atoms with van der Waals surface area (Å²) < 4.78 is 10.2. The van der Waals surface area contributed by atoms with Crippen LogP contribution in [0, 0.1) is 0 Å². The van der Waals surface area contributed by atoms with Crippen LogP contribution in [-0.4, -0.2) is 26.5 Å². The summed E-state index contributed by atoms with van der Waals surface area (Å²) in [4.78, 5) is 11.5. The van der Waals surface area contributed by atoms with E-state index in [2.05, 4.69) is 0 Å². The molecule has 0 aliphatic rings. The number of carbonyl (C=O) groups is 1. The first kappa shape index (κ1) is 12.8. The SMILES string of the molecule is COC(OC)c1ccc(C(=O)CCN)cc1. The molecule has 0 saturated carbocycles. The Morgan fingerprint density at radius 2 is 1.81 bits per heavy atom. The van der Waals surface area contributed by atoms with E-state index < -0.39 is 6.29 Å². The van der Waals surface area contributed by atoms with Gasteiger partial charge in [-0.3, -0.25) is 4.79 Å². The van der Waals surface area contributed by atoms with Crippen molar-refractivity contribution in [2.24, 2.45) is 5.73 Å². The van der Waals surface area contributed by atoms with Gasteiger partial charge < -0.3 is 15.2 Å². The molecule has 88 valence electrons.